The summed E-state index contributed by atoms with van der Waals surface area (Å²) in [5, 5.41) is 50.2. The molecule has 14 nitrogen and oxygen atoms in total. The van der Waals surface area contributed by atoms with E-state index in [1.54, 1.807) is 0 Å². The fraction of sp³-hybridized carbons (Fsp3) is 0.830. The fourth-order valence-electron chi connectivity index (χ4n) is 7.38. The molecule has 62 heavy (non-hydrogen) atoms. The number of hydrogen-bond donors (Lipinski definition) is 6. The summed E-state index contributed by atoms with van der Waals surface area (Å²) in [6.07, 6.45) is 26.3. The smallest absolute Gasteiger partial charge is 0.462 e. The summed E-state index contributed by atoms with van der Waals surface area (Å²) >= 11 is 0. The third kappa shape index (κ3) is 26.1. The van der Waals surface area contributed by atoms with Crippen LogP contribution in [0.1, 0.15) is 181 Å². The Morgan fingerprint density at radius 1 is 0.581 bits per heavy atom. The van der Waals surface area contributed by atoms with Gasteiger partial charge >= 0.3 is 19.8 Å². The molecule has 2 aliphatic rings. The van der Waals surface area contributed by atoms with E-state index in [0.717, 1.165) is 103 Å². The monoisotopic (exact) mass is 903 g/mol. The van der Waals surface area contributed by atoms with Gasteiger partial charge in [0, 0.05) is 12.8 Å². The molecule has 0 amide bonds. The van der Waals surface area contributed by atoms with Crippen molar-refractivity contribution < 1.29 is 67.8 Å². The molecule has 0 aromatic rings. The van der Waals surface area contributed by atoms with E-state index in [4.69, 9.17) is 23.3 Å². The maximum Gasteiger partial charge on any atom is 0.472 e. The van der Waals surface area contributed by atoms with Crippen molar-refractivity contribution in [1.82, 2.24) is 0 Å². The first-order valence-corrected chi connectivity index (χ1v) is 25.4. The second-order valence-electron chi connectivity index (χ2n) is 17.0. The molecule has 2 rings (SSSR count). The molecule has 360 valence electrons. The number of epoxide rings is 1. The van der Waals surface area contributed by atoms with E-state index in [2.05, 4.69) is 50.3 Å². The van der Waals surface area contributed by atoms with Crippen molar-refractivity contribution in [2.45, 2.75) is 236 Å². The second kappa shape index (κ2) is 34.4. The third-order valence-corrected chi connectivity index (χ3v) is 12.4. The highest BCUT2D eigenvalue weighted by Crippen LogP contribution is 2.47. The number of aliphatic hydroxyl groups is 5. The number of rotatable bonds is 38. The Morgan fingerprint density at radius 2 is 1.06 bits per heavy atom. The van der Waals surface area contributed by atoms with Gasteiger partial charge in [-0.1, -0.05) is 134 Å². The molecule has 1 aliphatic heterocycles. The van der Waals surface area contributed by atoms with Gasteiger partial charge in [-0.3, -0.25) is 18.6 Å². The SMILES string of the molecule is CCCCC/C=C\C/C=C\CCCCCCCCCC(=O)OC[C@H](COP(=O)(O)OC1[C@H](O)[C@H](O)C(O)[C@H](O)[C@H]1O)OC(=O)CCCCCCCC1OC1C/C=C\CCCCC. The van der Waals surface area contributed by atoms with E-state index in [1.807, 2.05) is 0 Å². The van der Waals surface area contributed by atoms with Gasteiger partial charge in [-0.15, -0.1) is 0 Å². The number of unbranched alkanes of at least 4 members (excludes halogenated alkanes) is 17. The van der Waals surface area contributed by atoms with Crippen LogP contribution in [-0.4, -0.2) is 111 Å². The van der Waals surface area contributed by atoms with Crippen LogP contribution in [0.2, 0.25) is 0 Å². The Hall–Kier alpha value is -1.97. The second-order valence-corrected chi connectivity index (χ2v) is 18.4. The van der Waals surface area contributed by atoms with E-state index < -0.39 is 75.7 Å². The van der Waals surface area contributed by atoms with Crippen LogP contribution in [-0.2, 0) is 37.4 Å². The number of carbonyl (C=O) groups excluding carboxylic acids is 2. The summed E-state index contributed by atoms with van der Waals surface area (Å²) in [5.41, 5.74) is 0. The quantitative estimate of drug-likeness (QED) is 0.0113. The lowest BCUT2D eigenvalue weighted by Crippen LogP contribution is -2.64. The third-order valence-electron chi connectivity index (χ3n) is 11.4. The maximum absolute atomic E-state index is 12.8. The van der Waals surface area contributed by atoms with Crippen LogP contribution in [0.15, 0.2) is 36.5 Å². The molecule has 1 saturated heterocycles. The molecule has 1 heterocycles. The number of aliphatic hydroxyl groups excluding tert-OH is 5. The first kappa shape index (κ1) is 56.2. The van der Waals surface area contributed by atoms with Gasteiger partial charge in [-0.25, -0.2) is 4.57 Å². The van der Waals surface area contributed by atoms with E-state index in [-0.39, 0.29) is 12.8 Å². The van der Waals surface area contributed by atoms with Gasteiger partial charge in [-0.2, -0.15) is 0 Å². The summed E-state index contributed by atoms with van der Waals surface area (Å²) < 4.78 is 39.4. The number of hydrogen-bond acceptors (Lipinski definition) is 13. The van der Waals surface area contributed by atoms with Crippen molar-refractivity contribution in [2.24, 2.45) is 0 Å². The molecule has 0 aromatic heterocycles. The summed E-state index contributed by atoms with van der Waals surface area (Å²) in [4.78, 5) is 35.8. The van der Waals surface area contributed by atoms with Crippen LogP contribution < -0.4 is 0 Å². The van der Waals surface area contributed by atoms with E-state index >= 15 is 0 Å². The van der Waals surface area contributed by atoms with Gasteiger partial charge in [0.15, 0.2) is 6.10 Å². The lowest BCUT2D eigenvalue weighted by molar-refractivity contribution is -0.220. The van der Waals surface area contributed by atoms with Crippen LogP contribution in [0.3, 0.4) is 0 Å². The minimum atomic E-state index is -5.13. The standard InChI is InChI=1S/C47H83O14P/c1-3-5-7-9-11-12-13-14-15-16-17-18-19-20-21-25-29-33-40(48)57-35-37(36-58-62(55,56)61-47-45(53)43(51)42(50)44(52)46(47)54)59-41(49)34-30-26-22-24-28-32-39-38(60-39)31-27-23-10-8-6-4-2/h11-12,14-15,23,27,37-39,42-47,50-54H,3-10,13,16-22,24-26,28-36H2,1-2H3,(H,55,56)/b12-11-,15-14-,27-23-/t37-,38?,39?,42?,43-,44+,45-,46-,47?/m1/s1. The van der Waals surface area contributed by atoms with E-state index in [1.165, 1.54) is 38.5 Å². The van der Waals surface area contributed by atoms with Crippen molar-refractivity contribution in [2.75, 3.05) is 13.2 Å². The van der Waals surface area contributed by atoms with Gasteiger partial charge in [0.05, 0.1) is 18.8 Å². The number of esters is 2. The lowest BCUT2D eigenvalue weighted by atomic mass is 9.85. The highest BCUT2D eigenvalue weighted by Gasteiger charge is 2.51. The summed E-state index contributed by atoms with van der Waals surface area (Å²) in [6, 6.07) is 0. The van der Waals surface area contributed by atoms with E-state index in [9.17, 15) is 44.6 Å². The molecule has 10 atom stereocenters. The lowest BCUT2D eigenvalue weighted by Gasteiger charge is -2.41. The minimum Gasteiger partial charge on any atom is -0.462 e. The van der Waals surface area contributed by atoms with Crippen LogP contribution in [0.5, 0.6) is 0 Å². The molecule has 0 radical (unpaired) electrons. The molecule has 6 N–H and O–H groups in total. The van der Waals surface area contributed by atoms with Crippen LogP contribution >= 0.6 is 7.82 Å². The molecular weight excluding hydrogens is 819 g/mol. The highest BCUT2D eigenvalue weighted by atomic mass is 31.2. The predicted octanol–water partition coefficient (Wildman–Crippen LogP) is 8.38. The number of allylic oxidation sites excluding steroid dienone is 5. The van der Waals surface area contributed by atoms with Gasteiger partial charge in [0.25, 0.3) is 0 Å². The number of ether oxygens (including phenoxy) is 3. The first-order chi connectivity index (χ1) is 29.9. The molecule has 1 aliphatic carbocycles. The fourth-order valence-corrected chi connectivity index (χ4v) is 8.35. The zero-order valence-corrected chi connectivity index (χ0v) is 38.8. The summed E-state index contributed by atoms with van der Waals surface area (Å²) in [6.45, 7) is 3.22. The van der Waals surface area contributed by atoms with Crippen LogP contribution in [0, 0.1) is 0 Å². The van der Waals surface area contributed by atoms with Gasteiger partial charge in [-0.05, 0) is 70.6 Å². The van der Waals surface area contributed by atoms with Crippen LogP contribution in [0.25, 0.3) is 0 Å². The van der Waals surface area contributed by atoms with Crippen LogP contribution in [0.4, 0.5) is 0 Å². The number of phosphoric acid groups is 1. The number of carbonyl (C=O) groups is 2. The highest BCUT2D eigenvalue weighted by molar-refractivity contribution is 7.47. The zero-order valence-electron chi connectivity index (χ0n) is 37.9. The molecule has 0 aromatic carbocycles. The topological polar surface area (TPSA) is 222 Å². The average molecular weight is 903 g/mol. The largest absolute Gasteiger partial charge is 0.472 e. The van der Waals surface area contributed by atoms with Gasteiger partial charge < -0.3 is 44.6 Å². The Bertz CT molecular complexity index is 1290. The molecule has 5 unspecified atom stereocenters. The molecule has 15 heteroatoms. The van der Waals surface area contributed by atoms with Crippen molar-refractivity contribution in [3.63, 3.8) is 0 Å². The van der Waals surface area contributed by atoms with Gasteiger partial charge in [0.2, 0.25) is 0 Å². The molecule has 1 saturated carbocycles. The van der Waals surface area contributed by atoms with Crippen molar-refractivity contribution in [3.05, 3.63) is 36.5 Å². The Morgan fingerprint density at radius 3 is 1.65 bits per heavy atom. The molecule has 0 bridgehead atoms. The minimum absolute atomic E-state index is 0.0717. The molecule has 2 fully saturated rings. The predicted molar refractivity (Wildman–Crippen MR) is 239 cm³/mol. The maximum atomic E-state index is 12.8. The van der Waals surface area contributed by atoms with Crippen molar-refractivity contribution in [3.8, 4) is 0 Å². The summed E-state index contributed by atoms with van der Waals surface area (Å²) in [5.74, 6) is -1.13. The first-order valence-electron chi connectivity index (χ1n) is 23.9. The van der Waals surface area contributed by atoms with Crippen molar-refractivity contribution >= 4 is 19.8 Å². The Kier molecular flexibility index (Phi) is 31.1. The Balaban J connectivity index is 1.70. The average Bonchev–Trinajstić information content (AvgIpc) is 4.01. The normalized spacial score (nSPS) is 25.4. The summed E-state index contributed by atoms with van der Waals surface area (Å²) in [7, 11) is -5.13. The molecule has 0 spiro atoms. The molecular formula is C47H83O14P. The zero-order chi connectivity index (χ0) is 45.4. The Labute approximate surface area is 372 Å². The van der Waals surface area contributed by atoms with Crippen molar-refractivity contribution in [1.29, 1.82) is 0 Å². The number of phosphoric ester groups is 1. The van der Waals surface area contributed by atoms with Gasteiger partial charge in [0.1, 0.15) is 43.2 Å². The van der Waals surface area contributed by atoms with E-state index in [0.29, 0.717) is 25.0 Å².